The molecule has 0 aromatic heterocycles. The van der Waals surface area contributed by atoms with Gasteiger partial charge in [0, 0.05) is 9.92 Å². The first-order chi connectivity index (χ1) is 8.99. The Bertz CT molecular complexity index is 602. The number of benzene rings is 2. The van der Waals surface area contributed by atoms with Crippen molar-refractivity contribution in [3.05, 3.63) is 57.8 Å². The van der Waals surface area contributed by atoms with Crippen LogP contribution in [-0.2, 0) is 0 Å². The van der Waals surface area contributed by atoms with Crippen molar-refractivity contribution < 1.29 is 9.50 Å². The predicted octanol–water partition coefficient (Wildman–Crippen LogP) is 5.34. The Labute approximate surface area is 125 Å². The topological polar surface area (TPSA) is 20.2 Å². The fourth-order valence-corrected chi connectivity index (χ4v) is 3.19. The van der Waals surface area contributed by atoms with Gasteiger partial charge < -0.3 is 5.11 Å². The Kier molecular flexibility index (Phi) is 4.74. The molecule has 5 heteroatoms. The highest BCUT2D eigenvalue weighted by Crippen LogP contribution is 2.39. The van der Waals surface area contributed by atoms with Gasteiger partial charge in [-0.3, -0.25) is 0 Å². The highest BCUT2D eigenvalue weighted by Gasteiger charge is 2.15. The highest BCUT2D eigenvalue weighted by molar-refractivity contribution is 7.99. The molecule has 2 rings (SSSR count). The van der Waals surface area contributed by atoms with Gasteiger partial charge in [0.2, 0.25) is 0 Å². The lowest BCUT2D eigenvalue weighted by Gasteiger charge is -2.13. The zero-order chi connectivity index (χ0) is 14.0. The van der Waals surface area contributed by atoms with E-state index in [1.807, 2.05) is 0 Å². The molecule has 0 fully saturated rings. The fraction of sp³-hybridized carbons (Fsp3) is 0.143. The van der Waals surface area contributed by atoms with Crippen molar-refractivity contribution in [3.8, 4) is 0 Å². The summed E-state index contributed by atoms with van der Waals surface area (Å²) in [5, 5.41) is 10.7. The molecule has 0 saturated heterocycles. The van der Waals surface area contributed by atoms with Crippen LogP contribution in [0.3, 0.4) is 0 Å². The average Bonchev–Trinajstić information content (AvgIpc) is 2.35. The quantitative estimate of drug-likeness (QED) is 0.825. The van der Waals surface area contributed by atoms with E-state index in [4.69, 9.17) is 23.2 Å². The normalized spacial score (nSPS) is 12.5. The summed E-state index contributed by atoms with van der Waals surface area (Å²) < 4.78 is 13.9. The Balaban J connectivity index is 2.46. The molecule has 0 aliphatic heterocycles. The zero-order valence-corrected chi connectivity index (χ0v) is 12.4. The van der Waals surface area contributed by atoms with E-state index in [1.165, 1.54) is 6.07 Å². The molecule has 19 heavy (non-hydrogen) atoms. The molecule has 0 saturated carbocycles. The molecule has 0 aliphatic carbocycles. The summed E-state index contributed by atoms with van der Waals surface area (Å²) in [6, 6.07) is 9.62. The van der Waals surface area contributed by atoms with Gasteiger partial charge >= 0.3 is 0 Å². The lowest BCUT2D eigenvalue weighted by molar-refractivity contribution is 0.195. The summed E-state index contributed by atoms with van der Waals surface area (Å²) in [5.41, 5.74) is 0.529. The second-order valence-electron chi connectivity index (χ2n) is 4.01. The van der Waals surface area contributed by atoms with Crippen molar-refractivity contribution in [1.82, 2.24) is 0 Å². The summed E-state index contributed by atoms with van der Waals surface area (Å²) >= 11 is 13.1. The van der Waals surface area contributed by atoms with Crippen molar-refractivity contribution >= 4 is 35.0 Å². The van der Waals surface area contributed by atoms with E-state index >= 15 is 0 Å². The van der Waals surface area contributed by atoms with E-state index in [2.05, 4.69) is 0 Å². The molecular weight excluding hydrogens is 306 g/mol. The molecule has 0 aliphatic rings. The van der Waals surface area contributed by atoms with Crippen LogP contribution < -0.4 is 0 Å². The van der Waals surface area contributed by atoms with Crippen LogP contribution in [0.5, 0.6) is 0 Å². The van der Waals surface area contributed by atoms with E-state index < -0.39 is 6.10 Å². The maximum Gasteiger partial charge on any atom is 0.137 e. The molecule has 0 spiro atoms. The number of aliphatic hydroxyl groups is 1. The first-order valence-electron chi connectivity index (χ1n) is 5.58. The van der Waals surface area contributed by atoms with E-state index in [9.17, 15) is 9.50 Å². The lowest BCUT2D eigenvalue weighted by Crippen LogP contribution is -1.96. The third-order valence-corrected chi connectivity index (χ3v) is 4.42. The standard InChI is InChI=1S/C14H11Cl2FOS/c1-8(18)10-3-2-4-12(17)14(10)19-13-7-9(15)5-6-11(13)16/h2-8,18H,1H3. The van der Waals surface area contributed by atoms with E-state index in [1.54, 1.807) is 37.3 Å². The van der Waals surface area contributed by atoms with Gasteiger partial charge in [-0.1, -0.05) is 47.1 Å². The van der Waals surface area contributed by atoms with Crippen LogP contribution in [0.15, 0.2) is 46.2 Å². The van der Waals surface area contributed by atoms with Crippen LogP contribution in [-0.4, -0.2) is 5.11 Å². The van der Waals surface area contributed by atoms with Crippen LogP contribution in [0.25, 0.3) is 0 Å². The predicted molar refractivity (Wildman–Crippen MR) is 77.6 cm³/mol. The monoisotopic (exact) mass is 316 g/mol. The van der Waals surface area contributed by atoms with Gasteiger partial charge in [0.05, 0.1) is 16.0 Å². The molecule has 1 atom stereocenters. The molecule has 1 unspecified atom stereocenters. The highest BCUT2D eigenvalue weighted by atomic mass is 35.5. The molecule has 0 radical (unpaired) electrons. The van der Waals surface area contributed by atoms with E-state index in [0.717, 1.165) is 11.8 Å². The molecule has 100 valence electrons. The van der Waals surface area contributed by atoms with E-state index in [-0.39, 0.29) is 5.82 Å². The van der Waals surface area contributed by atoms with Crippen molar-refractivity contribution in [2.75, 3.05) is 0 Å². The first-order valence-corrected chi connectivity index (χ1v) is 7.15. The second kappa shape index (κ2) is 6.14. The molecular formula is C14H11Cl2FOS. The summed E-state index contributed by atoms with van der Waals surface area (Å²) in [6.07, 6.45) is -0.754. The summed E-state index contributed by atoms with van der Waals surface area (Å²) in [6.45, 7) is 1.60. The number of aliphatic hydroxyl groups excluding tert-OH is 1. The third-order valence-electron chi connectivity index (χ3n) is 2.55. The summed E-state index contributed by atoms with van der Waals surface area (Å²) in [5.74, 6) is -0.389. The van der Waals surface area contributed by atoms with Gasteiger partial charge in [0.15, 0.2) is 0 Å². The van der Waals surface area contributed by atoms with Crippen molar-refractivity contribution in [1.29, 1.82) is 0 Å². The van der Waals surface area contributed by atoms with Crippen LogP contribution >= 0.6 is 35.0 Å². The van der Waals surface area contributed by atoms with Crippen molar-refractivity contribution in [2.24, 2.45) is 0 Å². The Morgan fingerprint density at radius 2 is 1.95 bits per heavy atom. The molecule has 0 heterocycles. The van der Waals surface area contributed by atoms with Crippen LogP contribution in [0, 0.1) is 5.82 Å². The second-order valence-corrected chi connectivity index (χ2v) is 5.91. The Morgan fingerprint density at radius 3 is 2.63 bits per heavy atom. The van der Waals surface area contributed by atoms with Gasteiger partial charge in [0.1, 0.15) is 5.82 Å². The van der Waals surface area contributed by atoms with Gasteiger partial charge in [-0.25, -0.2) is 4.39 Å². The molecule has 2 aromatic rings. The van der Waals surface area contributed by atoms with Gasteiger partial charge in [0.25, 0.3) is 0 Å². The average molecular weight is 317 g/mol. The smallest absolute Gasteiger partial charge is 0.137 e. The number of halogens is 3. The Hall–Kier alpha value is -0.740. The third kappa shape index (κ3) is 3.42. The molecule has 1 N–H and O–H groups in total. The minimum absolute atomic E-state index is 0.363. The van der Waals surface area contributed by atoms with Crippen molar-refractivity contribution in [3.63, 3.8) is 0 Å². The molecule has 0 amide bonds. The van der Waals surface area contributed by atoms with E-state index in [0.29, 0.717) is 25.4 Å². The maximum absolute atomic E-state index is 13.9. The minimum atomic E-state index is -0.754. The molecule has 1 nitrogen and oxygen atoms in total. The van der Waals surface area contributed by atoms with Crippen LogP contribution in [0.2, 0.25) is 10.0 Å². The molecule has 0 bridgehead atoms. The van der Waals surface area contributed by atoms with Gasteiger partial charge in [-0.15, -0.1) is 0 Å². The largest absolute Gasteiger partial charge is 0.389 e. The van der Waals surface area contributed by atoms with Gasteiger partial charge in [-0.05, 0) is 36.8 Å². The number of rotatable bonds is 3. The van der Waals surface area contributed by atoms with Gasteiger partial charge in [-0.2, -0.15) is 0 Å². The summed E-state index contributed by atoms with van der Waals surface area (Å²) in [4.78, 5) is 1.02. The Morgan fingerprint density at radius 1 is 1.21 bits per heavy atom. The summed E-state index contributed by atoms with van der Waals surface area (Å²) in [7, 11) is 0. The zero-order valence-electron chi connectivity index (χ0n) is 10.0. The maximum atomic E-state index is 13.9. The van der Waals surface area contributed by atoms with Crippen molar-refractivity contribution in [2.45, 2.75) is 22.8 Å². The minimum Gasteiger partial charge on any atom is -0.389 e. The number of hydrogen-bond donors (Lipinski definition) is 1. The SMILES string of the molecule is CC(O)c1cccc(F)c1Sc1cc(Cl)ccc1Cl. The lowest BCUT2D eigenvalue weighted by atomic mass is 10.1. The van der Waals surface area contributed by atoms with Crippen LogP contribution in [0.1, 0.15) is 18.6 Å². The fourth-order valence-electron chi connectivity index (χ4n) is 1.63. The number of hydrogen-bond acceptors (Lipinski definition) is 2. The first kappa shape index (κ1) is 14.7. The molecule has 2 aromatic carbocycles. The van der Waals surface area contributed by atoms with Crippen LogP contribution in [0.4, 0.5) is 4.39 Å².